The molecule has 0 radical (unpaired) electrons. The Bertz CT molecular complexity index is 484. The summed E-state index contributed by atoms with van der Waals surface area (Å²) in [5, 5.41) is 7.72. The van der Waals surface area contributed by atoms with Crippen molar-refractivity contribution in [1.29, 1.82) is 0 Å². The maximum absolute atomic E-state index is 12.0. The molecule has 1 saturated carbocycles. The summed E-state index contributed by atoms with van der Waals surface area (Å²) in [4.78, 5) is 14.0. The van der Waals surface area contributed by atoms with Gasteiger partial charge in [0.15, 0.2) is 0 Å². The van der Waals surface area contributed by atoms with Gasteiger partial charge in [0.1, 0.15) is 0 Å². The lowest BCUT2D eigenvalue weighted by molar-refractivity contribution is -0.133. The molecular formula is C15H22N4O. The maximum Gasteiger partial charge on any atom is 0.225 e. The van der Waals surface area contributed by atoms with Gasteiger partial charge in [-0.3, -0.25) is 4.79 Å². The molecule has 0 bridgehead atoms. The molecule has 1 aliphatic heterocycles. The van der Waals surface area contributed by atoms with Crippen LogP contribution in [0, 0.1) is 5.92 Å². The summed E-state index contributed by atoms with van der Waals surface area (Å²) in [7, 11) is 0. The van der Waals surface area contributed by atoms with E-state index in [4.69, 9.17) is 0 Å². The SMILES string of the molecule is C=Cn1cc(CNC2CCN(C(=O)C3CC3)CC2)cn1. The van der Waals surface area contributed by atoms with Crippen molar-refractivity contribution in [2.75, 3.05) is 13.1 Å². The Labute approximate surface area is 119 Å². The highest BCUT2D eigenvalue weighted by atomic mass is 16.2. The Morgan fingerprint density at radius 2 is 2.15 bits per heavy atom. The minimum Gasteiger partial charge on any atom is -0.342 e. The summed E-state index contributed by atoms with van der Waals surface area (Å²) >= 11 is 0. The van der Waals surface area contributed by atoms with E-state index in [1.807, 2.05) is 17.3 Å². The lowest BCUT2D eigenvalue weighted by Gasteiger charge is -2.32. The van der Waals surface area contributed by atoms with E-state index in [1.54, 1.807) is 10.9 Å². The van der Waals surface area contributed by atoms with Crippen LogP contribution in [0.5, 0.6) is 0 Å². The molecule has 5 nitrogen and oxygen atoms in total. The average Bonchev–Trinajstić information content (AvgIpc) is 3.24. The topological polar surface area (TPSA) is 50.2 Å². The molecule has 1 amide bonds. The van der Waals surface area contributed by atoms with Crippen LogP contribution in [0.2, 0.25) is 0 Å². The summed E-state index contributed by atoms with van der Waals surface area (Å²) in [6.45, 7) is 6.31. The van der Waals surface area contributed by atoms with Gasteiger partial charge in [0.05, 0.1) is 6.20 Å². The standard InChI is InChI=1S/C15H22N4O/c1-2-19-11-12(10-17-19)9-16-14-5-7-18(8-6-14)15(20)13-3-4-13/h2,10-11,13-14,16H,1,3-9H2. The second-order valence-corrected chi connectivity index (χ2v) is 5.77. The Balaban J connectivity index is 1.41. The van der Waals surface area contributed by atoms with Gasteiger partial charge in [0.2, 0.25) is 5.91 Å². The first kappa shape index (κ1) is 13.4. The molecule has 0 spiro atoms. The van der Waals surface area contributed by atoms with Crippen LogP contribution in [-0.2, 0) is 11.3 Å². The molecule has 1 N–H and O–H groups in total. The summed E-state index contributed by atoms with van der Waals surface area (Å²) < 4.78 is 1.72. The Hall–Kier alpha value is -1.62. The molecule has 1 aliphatic carbocycles. The van der Waals surface area contributed by atoms with Crippen molar-refractivity contribution in [1.82, 2.24) is 20.0 Å². The monoisotopic (exact) mass is 274 g/mol. The van der Waals surface area contributed by atoms with Crippen LogP contribution in [0.3, 0.4) is 0 Å². The van der Waals surface area contributed by atoms with Gasteiger partial charge in [-0.15, -0.1) is 0 Å². The lowest BCUT2D eigenvalue weighted by atomic mass is 10.0. The number of nitrogens with one attached hydrogen (secondary N) is 1. The quantitative estimate of drug-likeness (QED) is 0.884. The third-order valence-corrected chi connectivity index (χ3v) is 4.17. The number of amides is 1. The minimum atomic E-state index is 0.351. The number of piperidine rings is 1. The number of aromatic nitrogens is 2. The van der Waals surface area contributed by atoms with E-state index in [0.29, 0.717) is 17.9 Å². The van der Waals surface area contributed by atoms with Gasteiger partial charge in [-0.2, -0.15) is 5.10 Å². The fourth-order valence-corrected chi connectivity index (χ4v) is 2.72. The molecule has 0 unspecified atom stereocenters. The second-order valence-electron chi connectivity index (χ2n) is 5.77. The van der Waals surface area contributed by atoms with Crippen LogP contribution in [-0.4, -0.2) is 39.7 Å². The predicted octanol–water partition coefficient (Wildman–Crippen LogP) is 1.47. The number of carbonyl (C=O) groups is 1. The summed E-state index contributed by atoms with van der Waals surface area (Å²) in [6, 6.07) is 0.505. The first-order valence-electron chi connectivity index (χ1n) is 7.44. The van der Waals surface area contributed by atoms with Crippen molar-refractivity contribution in [2.45, 2.75) is 38.3 Å². The van der Waals surface area contributed by atoms with Gasteiger partial charge >= 0.3 is 0 Å². The van der Waals surface area contributed by atoms with Crippen molar-refractivity contribution < 1.29 is 4.79 Å². The molecule has 2 aliphatic rings. The summed E-state index contributed by atoms with van der Waals surface area (Å²) in [5.74, 6) is 0.736. The number of rotatable bonds is 5. The van der Waals surface area contributed by atoms with Crippen molar-refractivity contribution in [2.24, 2.45) is 5.92 Å². The number of carbonyl (C=O) groups excluding carboxylic acids is 1. The molecule has 3 rings (SSSR count). The van der Waals surface area contributed by atoms with E-state index in [9.17, 15) is 4.79 Å². The number of hydrogen-bond acceptors (Lipinski definition) is 3. The maximum atomic E-state index is 12.0. The third-order valence-electron chi connectivity index (χ3n) is 4.17. The smallest absolute Gasteiger partial charge is 0.225 e. The summed E-state index contributed by atoms with van der Waals surface area (Å²) in [6.07, 6.45) is 9.83. The van der Waals surface area contributed by atoms with Crippen molar-refractivity contribution in [3.05, 3.63) is 24.5 Å². The van der Waals surface area contributed by atoms with E-state index >= 15 is 0 Å². The van der Waals surface area contributed by atoms with Crippen molar-refractivity contribution >= 4 is 12.1 Å². The van der Waals surface area contributed by atoms with Gasteiger partial charge in [-0.1, -0.05) is 6.58 Å². The van der Waals surface area contributed by atoms with Crippen LogP contribution < -0.4 is 5.32 Å². The number of nitrogens with zero attached hydrogens (tertiary/aromatic N) is 3. The second kappa shape index (κ2) is 5.79. The van der Waals surface area contributed by atoms with Gasteiger partial charge in [0.25, 0.3) is 0 Å². The molecule has 108 valence electrons. The van der Waals surface area contributed by atoms with Gasteiger partial charge in [-0.25, -0.2) is 4.68 Å². The van der Waals surface area contributed by atoms with E-state index in [1.165, 1.54) is 5.56 Å². The van der Waals surface area contributed by atoms with Gasteiger partial charge in [-0.05, 0) is 25.7 Å². The zero-order valence-corrected chi connectivity index (χ0v) is 11.8. The van der Waals surface area contributed by atoms with E-state index in [-0.39, 0.29) is 0 Å². The van der Waals surface area contributed by atoms with Gasteiger partial charge < -0.3 is 10.2 Å². The minimum absolute atomic E-state index is 0.351. The van der Waals surface area contributed by atoms with E-state index < -0.39 is 0 Å². The number of hydrogen-bond donors (Lipinski definition) is 1. The molecule has 2 heterocycles. The molecular weight excluding hydrogens is 252 g/mol. The highest BCUT2D eigenvalue weighted by Gasteiger charge is 2.34. The molecule has 0 atom stereocenters. The molecule has 5 heteroatoms. The molecule has 20 heavy (non-hydrogen) atoms. The third kappa shape index (κ3) is 3.10. The first-order valence-corrected chi connectivity index (χ1v) is 7.44. The van der Waals surface area contributed by atoms with Crippen molar-refractivity contribution in [3.63, 3.8) is 0 Å². The first-order chi connectivity index (χ1) is 9.76. The normalized spacial score (nSPS) is 20.1. The Morgan fingerprint density at radius 3 is 2.75 bits per heavy atom. The molecule has 1 aromatic rings. The molecule has 0 aromatic carbocycles. The summed E-state index contributed by atoms with van der Waals surface area (Å²) in [5.41, 5.74) is 1.17. The molecule has 2 fully saturated rings. The molecule has 1 saturated heterocycles. The fourth-order valence-electron chi connectivity index (χ4n) is 2.72. The van der Waals surface area contributed by atoms with Crippen LogP contribution in [0.15, 0.2) is 19.0 Å². The van der Waals surface area contributed by atoms with Crippen molar-refractivity contribution in [3.8, 4) is 0 Å². The van der Waals surface area contributed by atoms with E-state index in [0.717, 1.165) is 45.3 Å². The largest absolute Gasteiger partial charge is 0.342 e. The zero-order chi connectivity index (χ0) is 13.9. The van der Waals surface area contributed by atoms with Crippen LogP contribution >= 0.6 is 0 Å². The van der Waals surface area contributed by atoms with Crippen LogP contribution in [0.1, 0.15) is 31.2 Å². The highest BCUT2D eigenvalue weighted by molar-refractivity contribution is 5.81. The average molecular weight is 274 g/mol. The van der Waals surface area contributed by atoms with Gasteiger partial charge in [0, 0.05) is 49.6 Å². The zero-order valence-electron chi connectivity index (χ0n) is 11.8. The highest BCUT2D eigenvalue weighted by Crippen LogP contribution is 2.31. The van der Waals surface area contributed by atoms with Crippen LogP contribution in [0.4, 0.5) is 0 Å². The number of likely N-dealkylation sites (tertiary alicyclic amines) is 1. The Kier molecular flexibility index (Phi) is 3.87. The predicted molar refractivity (Wildman–Crippen MR) is 77.8 cm³/mol. The lowest BCUT2D eigenvalue weighted by Crippen LogP contribution is -2.45. The van der Waals surface area contributed by atoms with Crippen LogP contribution in [0.25, 0.3) is 6.20 Å². The van der Waals surface area contributed by atoms with E-state index in [2.05, 4.69) is 17.0 Å². The fraction of sp³-hybridized carbons (Fsp3) is 0.600. The Morgan fingerprint density at radius 1 is 1.40 bits per heavy atom. The molecule has 1 aromatic heterocycles.